The second kappa shape index (κ2) is 6.02. The maximum absolute atomic E-state index is 5.78. The first-order valence-corrected chi connectivity index (χ1v) is 5.08. The van der Waals surface area contributed by atoms with Crippen molar-refractivity contribution in [2.24, 2.45) is 0 Å². The van der Waals surface area contributed by atoms with Gasteiger partial charge in [0.2, 0.25) is 0 Å². The molecule has 0 bridgehead atoms. The van der Waals surface area contributed by atoms with E-state index in [-0.39, 0.29) is 0 Å². The fourth-order valence-corrected chi connectivity index (χ4v) is 1.19. The highest BCUT2D eigenvalue weighted by Gasteiger charge is 1.94. The molecule has 0 fully saturated rings. The Morgan fingerprint density at radius 3 is 2.43 bits per heavy atom. The molecule has 1 radical (unpaired) electrons. The van der Waals surface area contributed by atoms with E-state index >= 15 is 0 Å². The van der Waals surface area contributed by atoms with Gasteiger partial charge in [0.1, 0.15) is 0 Å². The number of hydrogen-bond donors (Lipinski definition) is 0. The van der Waals surface area contributed by atoms with Crippen LogP contribution in [0.1, 0.15) is 5.56 Å². The van der Waals surface area contributed by atoms with Gasteiger partial charge in [0.05, 0.1) is 0 Å². The van der Waals surface area contributed by atoms with Crippen LogP contribution in [0.2, 0.25) is 5.02 Å². The van der Waals surface area contributed by atoms with Gasteiger partial charge in [-0.15, -0.1) is 0 Å². The zero-order valence-electron chi connectivity index (χ0n) is 8.70. The summed E-state index contributed by atoms with van der Waals surface area (Å²) in [6.45, 7) is 2.67. The Morgan fingerprint density at radius 2 is 1.86 bits per heavy atom. The summed E-state index contributed by atoms with van der Waals surface area (Å²) < 4.78 is 0. The van der Waals surface area contributed by atoms with Crippen molar-refractivity contribution in [3.8, 4) is 0 Å². The molecule has 0 aliphatic rings. The Balaban J connectivity index is 2.21. The van der Waals surface area contributed by atoms with E-state index < -0.39 is 0 Å². The summed E-state index contributed by atoms with van der Waals surface area (Å²) in [5, 5.41) is 5.21. The highest BCUT2D eigenvalue weighted by molar-refractivity contribution is 6.30. The summed E-state index contributed by atoms with van der Waals surface area (Å²) in [6.07, 6.45) is 0. The third-order valence-electron chi connectivity index (χ3n) is 1.91. The number of halogens is 1. The Morgan fingerprint density at radius 1 is 1.21 bits per heavy atom. The molecule has 77 valence electrons. The summed E-state index contributed by atoms with van der Waals surface area (Å²) in [7, 11) is 4.11. The second-order valence-corrected chi connectivity index (χ2v) is 3.97. The quantitative estimate of drug-likeness (QED) is 0.682. The van der Waals surface area contributed by atoms with Crippen LogP contribution >= 0.6 is 11.6 Å². The predicted molar refractivity (Wildman–Crippen MR) is 60.7 cm³/mol. The summed E-state index contributed by atoms with van der Waals surface area (Å²) in [6, 6.07) is 7.83. The van der Waals surface area contributed by atoms with E-state index in [1.54, 1.807) is 0 Å². The van der Waals surface area contributed by atoms with Crippen molar-refractivity contribution in [3.05, 3.63) is 34.9 Å². The van der Waals surface area contributed by atoms with E-state index in [2.05, 4.69) is 24.3 Å². The molecule has 0 atom stereocenters. The van der Waals surface area contributed by atoms with Gasteiger partial charge < -0.3 is 4.90 Å². The lowest BCUT2D eigenvalue weighted by molar-refractivity contribution is 0.398. The first-order chi connectivity index (χ1) is 6.68. The number of rotatable bonds is 5. The third kappa shape index (κ3) is 4.61. The van der Waals surface area contributed by atoms with Crippen molar-refractivity contribution >= 4 is 11.6 Å². The summed E-state index contributed by atoms with van der Waals surface area (Å²) in [5.41, 5.74) is 1.22. The summed E-state index contributed by atoms with van der Waals surface area (Å²) >= 11 is 5.78. The zero-order chi connectivity index (χ0) is 10.4. The van der Waals surface area contributed by atoms with Gasteiger partial charge in [0, 0.05) is 24.7 Å². The molecular weight excluding hydrogens is 196 g/mol. The van der Waals surface area contributed by atoms with Crippen LogP contribution in [0, 0.1) is 0 Å². The smallest absolute Gasteiger partial charge is 0.0406 e. The van der Waals surface area contributed by atoms with Crippen LogP contribution in [0.3, 0.4) is 0 Å². The van der Waals surface area contributed by atoms with Crippen molar-refractivity contribution in [1.82, 2.24) is 10.2 Å². The van der Waals surface area contributed by atoms with Crippen LogP contribution in [0.15, 0.2) is 24.3 Å². The van der Waals surface area contributed by atoms with Gasteiger partial charge in [0.25, 0.3) is 0 Å². The topological polar surface area (TPSA) is 17.3 Å². The van der Waals surface area contributed by atoms with Gasteiger partial charge in [-0.1, -0.05) is 23.7 Å². The van der Waals surface area contributed by atoms with Crippen LogP contribution in [0.4, 0.5) is 0 Å². The molecule has 0 aromatic heterocycles. The molecule has 0 N–H and O–H groups in total. The van der Waals surface area contributed by atoms with Gasteiger partial charge in [-0.05, 0) is 31.8 Å². The summed E-state index contributed by atoms with van der Waals surface area (Å²) in [5.74, 6) is 0. The molecule has 0 spiro atoms. The minimum absolute atomic E-state index is 0.780. The molecule has 3 heteroatoms. The largest absolute Gasteiger partial charge is 0.308 e. The number of nitrogens with zero attached hydrogens (tertiary/aromatic N) is 2. The molecule has 0 aliphatic heterocycles. The summed E-state index contributed by atoms with van der Waals surface area (Å²) in [4.78, 5) is 2.13. The molecule has 0 aliphatic carbocycles. The van der Waals surface area contributed by atoms with Crippen molar-refractivity contribution in [2.75, 3.05) is 27.2 Å². The molecule has 14 heavy (non-hydrogen) atoms. The highest BCUT2D eigenvalue weighted by atomic mass is 35.5. The van der Waals surface area contributed by atoms with Crippen LogP contribution in [-0.4, -0.2) is 32.1 Å². The molecule has 0 saturated carbocycles. The predicted octanol–water partition coefficient (Wildman–Crippen LogP) is 2.01. The van der Waals surface area contributed by atoms with Crippen molar-refractivity contribution in [3.63, 3.8) is 0 Å². The standard InChI is InChI=1S/C11H16ClN2/c1-14(2)8-7-13-9-10-3-5-11(12)6-4-10/h3-6H,7-9H2,1-2H3. The fraction of sp³-hybridized carbons (Fsp3) is 0.455. The maximum atomic E-state index is 5.78. The molecular formula is C11H16ClN2. The van der Waals surface area contributed by atoms with Crippen molar-refractivity contribution in [1.29, 1.82) is 0 Å². The lowest BCUT2D eigenvalue weighted by atomic mass is 10.2. The fourth-order valence-electron chi connectivity index (χ4n) is 1.07. The number of benzene rings is 1. The lowest BCUT2D eigenvalue weighted by Crippen LogP contribution is -2.22. The average Bonchev–Trinajstić information content (AvgIpc) is 2.15. The van der Waals surface area contributed by atoms with Gasteiger partial charge in [-0.25, -0.2) is 5.32 Å². The second-order valence-electron chi connectivity index (χ2n) is 3.54. The SMILES string of the molecule is CN(C)CC[N]Cc1ccc(Cl)cc1. The van der Waals surface area contributed by atoms with Gasteiger partial charge in [-0.2, -0.15) is 0 Å². The van der Waals surface area contributed by atoms with Gasteiger partial charge in [-0.3, -0.25) is 0 Å². The Labute approximate surface area is 90.9 Å². The molecule has 1 aromatic carbocycles. The number of likely N-dealkylation sites (N-methyl/N-ethyl adjacent to an activating group) is 1. The van der Waals surface area contributed by atoms with E-state index in [1.807, 2.05) is 24.3 Å². The third-order valence-corrected chi connectivity index (χ3v) is 2.16. The van der Waals surface area contributed by atoms with Crippen LogP contribution < -0.4 is 5.32 Å². The van der Waals surface area contributed by atoms with Gasteiger partial charge >= 0.3 is 0 Å². The first kappa shape index (κ1) is 11.5. The molecule has 0 amide bonds. The molecule has 0 saturated heterocycles. The van der Waals surface area contributed by atoms with E-state index in [0.717, 1.165) is 24.7 Å². The molecule has 1 rings (SSSR count). The van der Waals surface area contributed by atoms with Crippen molar-refractivity contribution < 1.29 is 0 Å². The van der Waals surface area contributed by atoms with Crippen molar-refractivity contribution in [2.45, 2.75) is 6.54 Å². The van der Waals surface area contributed by atoms with Crippen LogP contribution in [0.5, 0.6) is 0 Å². The highest BCUT2D eigenvalue weighted by Crippen LogP contribution is 2.09. The van der Waals surface area contributed by atoms with E-state index in [1.165, 1.54) is 5.56 Å². The molecule has 1 aromatic rings. The number of hydrogen-bond acceptors (Lipinski definition) is 1. The minimum atomic E-state index is 0.780. The maximum Gasteiger partial charge on any atom is 0.0406 e. The molecule has 0 unspecified atom stereocenters. The van der Waals surface area contributed by atoms with E-state index in [4.69, 9.17) is 11.6 Å². The molecule has 2 nitrogen and oxygen atoms in total. The Kier molecular flexibility index (Phi) is 4.94. The zero-order valence-corrected chi connectivity index (χ0v) is 9.46. The van der Waals surface area contributed by atoms with E-state index in [0.29, 0.717) is 0 Å². The Bertz CT molecular complexity index is 256. The van der Waals surface area contributed by atoms with Gasteiger partial charge in [0.15, 0.2) is 0 Å². The van der Waals surface area contributed by atoms with Crippen LogP contribution in [0.25, 0.3) is 0 Å². The monoisotopic (exact) mass is 211 g/mol. The van der Waals surface area contributed by atoms with E-state index in [9.17, 15) is 0 Å². The Hall–Kier alpha value is -0.570. The minimum Gasteiger partial charge on any atom is -0.308 e. The molecule has 0 heterocycles. The van der Waals surface area contributed by atoms with Crippen LogP contribution in [-0.2, 0) is 6.54 Å². The normalized spacial score (nSPS) is 10.9. The lowest BCUT2D eigenvalue weighted by Gasteiger charge is -2.08. The first-order valence-electron chi connectivity index (χ1n) is 4.71. The average molecular weight is 212 g/mol.